The zero-order chi connectivity index (χ0) is 12.6. The summed E-state index contributed by atoms with van der Waals surface area (Å²) in [6.07, 6.45) is 2.44. The number of nitrogens with zero attached hydrogens (tertiary/aromatic N) is 1. The van der Waals surface area contributed by atoms with Gasteiger partial charge in [0.15, 0.2) is 0 Å². The Labute approximate surface area is 106 Å². The molecule has 0 spiro atoms. The highest BCUT2D eigenvalue weighted by Crippen LogP contribution is 2.37. The molecule has 1 N–H and O–H groups in total. The third-order valence-electron chi connectivity index (χ3n) is 3.26. The van der Waals surface area contributed by atoms with Crippen molar-refractivity contribution in [2.75, 3.05) is 25.5 Å². The maximum absolute atomic E-state index is 13.7. The van der Waals surface area contributed by atoms with Crippen molar-refractivity contribution in [2.24, 2.45) is 0 Å². The van der Waals surface area contributed by atoms with E-state index in [2.05, 4.69) is 16.8 Å². The van der Waals surface area contributed by atoms with Gasteiger partial charge in [0.2, 0.25) is 0 Å². The predicted octanol–water partition coefficient (Wildman–Crippen LogP) is 2.70. The second-order valence-corrected chi connectivity index (χ2v) is 4.75. The molecule has 0 saturated heterocycles. The van der Waals surface area contributed by atoms with Crippen LogP contribution in [0.3, 0.4) is 0 Å². The standard InChI is InChI=1S/C13H16ClFN2/c1-4-10-12(14)11(15)6-8-5-9(16-2)7-17(3)13(8)10/h4,6,9,16H,1,5,7H2,2-3H3. The van der Waals surface area contributed by atoms with E-state index in [1.807, 2.05) is 14.1 Å². The molecule has 1 aliphatic rings. The fourth-order valence-electron chi connectivity index (χ4n) is 2.43. The van der Waals surface area contributed by atoms with Crippen LogP contribution in [0.25, 0.3) is 6.08 Å². The number of benzene rings is 1. The van der Waals surface area contributed by atoms with E-state index in [1.54, 1.807) is 6.08 Å². The Morgan fingerprint density at radius 2 is 2.35 bits per heavy atom. The van der Waals surface area contributed by atoms with Crippen LogP contribution in [0, 0.1) is 5.82 Å². The molecule has 0 bridgehead atoms. The van der Waals surface area contributed by atoms with Gasteiger partial charge < -0.3 is 10.2 Å². The van der Waals surface area contributed by atoms with Crippen LogP contribution in [0.4, 0.5) is 10.1 Å². The SMILES string of the molecule is C=Cc1c(Cl)c(F)cc2c1N(C)CC(NC)C2. The van der Waals surface area contributed by atoms with E-state index in [1.165, 1.54) is 6.07 Å². The first-order chi connectivity index (χ1) is 8.08. The number of hydrogen-bond acceptors (Lipinski definition) is 2. The molecule has 2 rings (SSSR count). The van der Waals surface area contributed by atoms with Crippen molar-refractivity contribution in [3.63, 3.8) is 0 Å². The summed E-state index contributed by atoms with van der Waals surface area (Å²) in [5.74, 6) is -0.370. The molecule has 2 nitrogen and oxygen atoms in total. The number of anilines is 1. The van der Waals surface area contributed by atoms with E-state index in [0.717, 1.165) is 24.2 Å². The largest absolute Gasteiger partial charge is 0.372 e. The van der Waals surface area contributed by atoms with Gasteiger partial charge >= 0.3 is 0 Å². The summed E-state index contributed by atoms with van der Waals surface area (Å²) in [5, 5.41) is 3.38. The number of hydrogen-bond donors (Lipinski definition) is 1. The van der Waals surface area contributed by atoms with Gasteiger partial charge in [-0.05, 0) is 25.1 Å². The topological polar surface area (TPSA) is 15.3 Å². The normalized spacial score (nSPS) is 19.1. The molecule has 1 aromatic rings. The molecule has 0 radical (unpaired) electrons. The van der Waals surface area contributed by atoms with Crippen LogP contribution in [0.2, 0.25) is 5.02 Å². The summed E-state index contributed by atoms with van der Waals surface area (Å²) < 4.78 is 13.7. The molecule has 1 heterocycles. The highest BCUT2D eigenvalue weighted by molar-refractivity contribution is 6.32. The van der Waals surface area contributed by atoms with Crippen molar-refractivity contribution in [3.05, 3.63) is 34.6 Å². The Balaban J connectivity index is 2.59. The van der Waals surface area contributed by atoms with E-state index >= 15 is 0 Å². The fraction of sp³-hybridized carbons (Fsp3) is 0.385. The summed E-state index contributed by atoms with van der Waals surface area (Å²) in [6.45, 7) is 4.60. The van der Waals surface area contributed by atoms with Crippen molar-refractivity contribution in [1.29, 1.82) is 0 Å². The minimum Gasteiger partial charge on any atom is -0.372 e. The Morgan fingerprint density at radius 3 is 2.94 bits per heavy atom. The average Bonchev–Trinajstić information content (AvgIpc) is 2.31. The number of nitrogens with one attached hydrogen (secondary N) is 1. The second-order valence-electron chi connectivity index (χ2n) is 4.37. The van der Waals surface area contributed by atoms with Gasteiger partial charge in [-0.15, -0.1) is 0 Å². The first kappa shape index (κ1) is 12.4. The molecule has 0 amide bonds. The highest BCUT2D eigenvalue weighted by atomic mass is 35.5. The molecule has 1 aromatic carbocycles. The summed E-state index contributed by atoms with van der Waals surface area (Å²) in [5.41, 5.74) is 2.67. The van der Waals surface area contributed by atoms with E-state index in [-0.39, 0.29) is 10.8 Å². The summed E-state index contributed by atoms with van der Waals surface area (Å²) in [6, 6.07) is 1.87. The van der Waals surface area contributed by atoms with Crippen molar-refractivity contribution in [1.82, 2.24) is 5.32 Å². The van der Waals surface area contributed by atoms with Crippen LogP contribution < -0.4 is 10.2 Å². The van der Waals surface area contributed by atoms with Crippen LogP contribution >= 0.6 is 11.6 Å². The van der Waals surface area contributed by atoms with Crippen LogP contribution in [0.5, 0.6) is 0 Å². The van der Waals surface area contributed by atoms with E-state index < -0.39 is 0 Å². The summed E-state index contributed by atoms with van der Waals surface area (Å²) in [4.78, 5) is 2.10. The van der Waals surface area contributed by atoms with E-state index in [9.17, 15) is 4.39 Å². The average molecular weight is 255 g/mol. The molecule has 17 heavy (non-hydrogen) atoms. The molecule has 1 aliphatic heterocycles. The lowest BCUT2D eigenvalue weighted by molar-refractivity contribution is 0.533. The number of fused-ring (bicyclic) bond motifs is 1. The molecule has 1 atom stereocenters. The maximum Gasteiger partial charge on any atom is 0.142 e. The van der Waals surface area contributed by atoms with Crippen LogP contribution in [0.15, 0.2) is 12.6 Å². The summed E-state index contributed by atoms with van der Waals surface area (Å²) >= 11 is 5.98. The van der Waals surface area contributed by atoms with Crippen molar-refractivity contribution in [3.8, 4) is 0 Å². The first-order valence-electron chi connectivity index (χ1n) is 5.60. The maximum atomic E-state index is 13.7. The molecule has 0 aromatic heterocycles. The molecule has 4 heteroatoms. The Bertz CT molecular complexity index is 459. The third kappa shape index (κ3) is 2.05. The fourth-order valence-corrected chi connectivity index (χ4v) is 2.65. The lowest BCUT2D eigenvalue weighted by Crippen LogP contribution is -2.43. The third-order valence-corrected chi connectivity index (χ3v) is 3.65. The molecule has 0 fully saturated rings. The van der Waals surface area contributed by atoms with Crippen molar-refractivity contribution in [2.45, 2.75) is 12.5 Å². The molecule has 92 valence electrons. The van der Waals surface area contributed by atoms with Gasteiger partial charge in [0, 0.05) is 30.9 Å². The minimum absolute atomic E-state index is 0.161. The number of likely N-dealkylation sites (N-methyl/N-ethyl adjacent to an activating group) is 2. The highest BCUT2D eigenvalue weighted by Gasteiger charge is 2.25. The quantitative estimate of drug-likeness (QED) is 0.873. The van der Waals surface area contributed by atoms with Gasteiger partial charge in [0.1, 0.15) is 5.82 Å². The van der Waals surface area contributed by atoms with E-state index in [0.29, 0.717) is 11.6 Å². The Hall–Kier alpha value is -1.06. The van der Waals surface area contributed by atoms with Gasteiger partial charge in [-0.2, -0.15) is 0 Å². The van der Waals surface area contributed by atoms with Gasteiger partial charge in [0.05, 0.1) is 5.02 Å². The second kappa shape index (κ2) is 4.67. The monoisotopic (exact) mass is 254 g/mol. The molecule has 1 unspecified atom stereocenters. The molecule has 0 aliphatic carbocycles. The molecular weight excluding hydrogens is 239 g/mol. The lowest BCUT2D eigenvalue weighted by Gasteiger charge is -2.35. The van der Waals surface area contributed by atoms with Crippen molar-refractivity contribution >= 4 is 23.4 Å². The minimum atomic E-state index is -0.370. The van der Waals surface area contributed by atoms with Crippen LogP contribution in [-0.4, -0.2) is 26.7 Å². The predicted molar refractivity (Wildman–Crippen MR) is 71.3 cm³/mol. The van der Waals surface area contributed by atoms with Gasteiger partial charge in [-0.3, -0.25) is 0 Å². The summed E-state index contributed by atoms with van der Waals surface area (Å²) in [7, 11) is 3.91. The lowest BCUT2D eigenvalue weighted by atomic mass is 9.95. The van der Waals surface area contributed by atoms with Crippen LogP contribution in [0.1, 0.15) is 11.1 Å². The zero-order valence-electron chi connectivity index (χ0n) is 10.1. The van der Waals surface area contributed by atoms with Gasteiger partial charge in [-0.25, -0.2) is 4.39 Å². The number of halogens is 2. The first-order valence-corrected chi connectivity index (χ1v) is 5.98. The van der Waals surface area contributed by atoms with Gasteiger partial charge in [-0.1, -0.05) is 24.3 Å². The van der Waals surface area contributed by atoms with Crippen molar-refractivity contribution < 1.29 is 4.39 Å². The van der Waals surface area contributed by atoms with E-state index in [4.69, 9.17) is 11.6 Å². The van der Waals surface area contributed by atoms with Crippen LogP contribution in [-0.2, 0) is 6.42 Å². The van der Waals surface area contributed by atoms with Gasteiger partial charge in [0.25, 0.3) is 0 Å². The Kier molecular flexibility index (Phi) is 3.40. The number of rotatable bonds is 2. The molecular formula is C13H16ClFN2. The molecule has 0 saturated carbocycles. The Morgan fingerprint density at radius 1 is 1.65 bits per heavy atom. The zero-order valence-corrected chi connectivity index (χ0v) is 10.8. The smallest absolute Gasteiger partial charge is 0.142 e.